The standard InChI is InChI=1S/C18H18N2O4/c1-10-6-15(11(2)24-10)18(22)19-13-4-5-14-12(9-23-3)7-17(21)20-16(14)8-13/h4-8,14H,9H2,1-3H3,(H,20,21). The Hall–Kier alpha value is -2.73. The maximum atomic E-state index is 12.3. The molecule has 124 valence electrons. The van der Waals surface area contributed by atoms with E-state index in [0.29, 0.717) is 35.1 Å². The van der Waals surface area contributed by atoms with E-state index in [1.807, 2.05) is 6.08 Å². The first-order valence-corrected chi connectivity index (χ1v) is 7.58. The average Bonchev–Trinajstić information content (AvgIpc) is 2.86. The lowest BCUT2D eigenvalue weighted by atomic mass is 9.88. The fraction of sp³-hybridized carbons (Fsp3) is 0.278. The van der Waals surface area contributed by atoms with E-state index in [-0.39, 0.29) is 17.7 Å². The van der Waals surface area contributed by atoms with Crippen LogP contribution in [-0.2, 0) is 9.53 Å². The summed E-state index contributed by atoms with van der Waals surface area (Å²) in [5.74, 6) is 0.585. The topological polar surface area (TPSA) is 80.9 Å². The summed E-state index contributed by atoms with van der Waals surface area (Å²) in [6.07, 6.45) is 6.93. The zero-order valence-electron chi connectivity index (χ0n) is 13.8. The van der Waals surface area contributed by atoms with Crippen LogP contribution in [0.4, 0.5) is 0 Å². The molecule has 1 atom stereocenters. The van der Waals surface area contributed by atoms with Crippen LogP contribution in [0.2, 0.25) is 0 Å². The molecular formula is C18H18N2O4. The third kappa shape index (κ3) is 3.14. The first-order valence-electron chi connectivity index (χ1n) is 7.58. The number of ether oxygens (including phenoxy) is 1. The van der Waals surface area contributed by atoms with Crippen molar-refractivity contribution in [2.24, 2.45) is 10.9 Å². The van der Waals surface area contributed by atoms with Crippen LogP contribution in [0.15, 0.2) is 51.1 Å². The molecule has 1 aliphatic carbocycles. The number of carbonyl (C=O) groups is 2. The smallest absolute Gasteiger partial charge is 0.281 e. The number of fused-ring (bicyclic) bond motifs is 1. The van der Waals surface area contributed by atoms with Gasteiger partial charge >= 0.3 is 0 Å². The van der Waals surface area contributed by atoms with E-state index in [9.17, 15) is 9.59 Å². The van der Waals surface area contributed by atoms with Gasteiger partial charge < -0.3 is 14.5 Å². The number of hydrogen-bond donors (Lipinski definition) is 1. The molecule has 0 saturated heterocycles. The number of carbonyl (C=O) groups excluding carboxylic acids is 2. The molecule has 0 saturated carbocycles. The predicted octanol–water partition coefficient (Wildman–Crippen LogP) is 2.25. The van der Waals surface area contributed by atoms with E-state index in [0.717, 1.165) is 5.57 Å². The summed E-state index contributed by atoms with van der Waals surface area (Å²) in [6.45, 7) is 3.89. The number of hydrogen-bond acceptors (Lipinski definition) is 4. The number of rotatable bonds is 3. The summed E-state index contributed by atoms with van der Waals surface area (Å²) in [5.41, 5.74) is 2.50. The molecule has 2 amide bonds. The van der Waals surface area contributed by atoms with E-state index < -0.39 is 0 Å². The summed E-state index contributed by atoms with van der Waals surface area (Å²) >= 11 is 0. The zero-order valence-corrected chi connectivity index (χ0v) is 13.8. The molecule has 1 aromatic heterocycles. The first kappa shape index (κ1) is 16.1. The van der Waals surface area contributed by atoms with Gasteiger partial charge in [-0.3, -0.25) is 9.59 Å². The number of amides is 2. The van der Waals surface area contributed by atoms with Crippen molar-refractivity contribution < 1.29 is 18.7 Å². The highest BCUT2D eigenvalue weighted by molar-refractivity contribution is 6.14. The molecule has 2 aliphatic rings. The molecule has 0 bridgehead atoms. The second-order valence-electron chi connectivity index (χ2n) is 5.75. The third-order valence-corrected chi connectivity index (χ3v) is 3.89. The Morgan fingerprint density at radius 2 is 2.17 bits per heavy atom. The second kappa shape index (κ2) is 6.41. The summed E-state index contributed by atoms with van der Waals surface area (Å²) < 4.78 is 10.5. The van der Waals surface area contributed by atoms with Crippen LogP contribution >= 0.6 is 0 Å². The molecule has 1 N–H and O–H groups in total. The lowest BCUT2D eigenvalue weighted by Gasteiger charge is -2.27. The van der Waals surface area contributed by atoms with Crippen LogP contribution in [0.3, 0.4) is 0 Å². The molecule has 6 nitrogen and oxygen atoms in total. The SMILES string of the molecule is COCC1=CC(=O)NC2=CC(=NC(=O)c3cc(C)oc3C)C=CC12. The van der Waals surface area contributed by atoms with Crippen molar-refractivity contribution in [3.05, 3.63) is 58.7 Å². The van der Waals surface area contributed by atoms with Gasteiger partial charge in [-0.25, -0.2) is 4.99 Å². The molecule has 1 aromatic rings. The second-order valence-corrected chi connectivity index (χ2v) is 5.75. The van der Waals surface area contributed by atoms with Gasteiger partial charge in [-0.1, -0.05) is 6.08 Å². The van der Waals surface area contributed by atoms with Gasteiger partial charge in [-0.2, -0.15) is 0 Å². The van der Waals surface area contributed by atoms with Crippen LogP contribution in [0.25, 0.3) is 0 Å². The van der Waals surface area contributed by atoms with E-state index >= 15 is 0 Å². The Morgan fingerprint density at radius 3 is 2.83 bits per heavy atom. The summed E-state index contributed by atoms with van der Waals surface area (Å²) in [6, 6.07) is 1.67. The molecule has 1 aliphatic heterocycles. The van der Waals surface area contributed by atoms with Gasteiger partial charge in [0.05, 0.1) is 17.9 Å². The van der Waals surface area contributed by atoms with E-state index in [4.69, 9.17) is 9.15 Å². The number of nitrogens with one attached hydrogen (secondary N) is 1. The van der Waals surface area contributed by atoms with E-state index in [1.54, 1.807) is 45.3 Å². The van der Waals surface area contributed by atoms with Crippen molar-refractivity contribution >= 4 is 17.5 Å². The van der Waals surface area contributed by atoms with Crippen LogP contribution in [0, 0.1) is 19.8 Å². The van der Waals surface area contributed by atoms with Crippen molar-refractivity contribution in [2.45, 2.75) is 13.8 Å². The monoisotopic (exact) mass is 326 g/mol. The van der Waals surface area contributed by atoms with Crippen LogP contribution in [0.5, 0.6) is 0 Å². The van der Waals surface area contributed by atoms with Crippen LogP contribution in [0.1, 0.15) is 21.9 Å². The molecule has 2 heterocycles. The maximum Gasteiger partial charge on any atom is 0.281 e. The Labute approximate surface area is 139 Å². The van der Waals surface area contributed by atoms with Crippen LogP contribution in [-0.4, -0.2) is 31.2 Å². The fourth-order valence-corrected chi connectivity index (χ4v) is 2.86. The number of aryl methyl sites for hydroxylation is 2. The highest BCUT2D eigenvalue weighted by atomic mass is 16.5. The van der Waals surface area contributed by atoms with Gasteiger partial charge in [0.15, 0.2) is 0 Å². The number of aliphatic imine (C=N–C) groups is 1. The summed E-state index contributed by atoms with van der Waals surface area (Å²) in [5, 5.41) is 2.79. The zero-order chi connectivity index (χ0) is 17.3. The Kier molecular flexibility index (Phi) is 4.31. The highest BCUT2D eigenvalue weighted by Gasteiger charge is 2.26. The minimum atomic E-state index is -0.367. The minimum Gasteiger partial charge on any atom is -0.466 e. The predicted molar refractivity (Wildman–Crippen MR) is 88.8 cm³/mol. The fourth-order valence-electron chi connectivity index (χ4n) is 2.86. The van der Waals surface area contributed by atoms with Crippen LogP contribution < -0.4 is 5.32 Å². The Balaban J connectivity index is 1.87. The third-order valence-electron chi connectivity index (χ3n) is 3.89. The number of allylic oxidation sites excluding steroid dienone is 3. The van der Waals surface area contributed by atoms with Crippen molar-refractivity contribution in [3.63, 3.8) is 0 Å². The van der Waals surface area contributed by atoms with Crippen molar-refractivity contribution in [2.75, 3.05) is 13.7 Å². The normalized spacial score (nSPS) is 21.2. The maximum absolute atomic E-state index is 12.3. The summed E-state index contributed by atoms with van der Waals surface area (Å²) in [4.78, 5) is 28.2. The van der Waals surface area contributed by atoms with Gasteiger partial charge in [-0.05, 0) is 37.6 Å². The lowest BCUT2D eigenvalue weighted by Crippen LogP contribution is -2.34. The number of nitrogens with zero attached hydrogens (tertiary/aromatic N) is 1. The molecule has 24 heavy (non-hydrogen) atoms. The summed E-state index contributed by atoms with van der Waals surface area (Å²) in [7, 11) is 1.59. The lowest BCUT2D eigenvalue weighted by molar-refractivity contribution is -0.116. The van der Waals surface area contributed by atoms with Gasteiger partial charge in [-0.15, -0.1) is 0 Å². The minimum absolute atomic E-state index is 0.0605. The average molecular weight is 326 g/mol. The first-order chi connectivity index (χ1) is 11.5. The number of furan rings is 1. The Bertz CT molecular complexity index is 824. The molecule has 6 heteroatoms. The van der Waals surface area contributed by atoms with Crippen molar-refractivity contribution in [3.8, 4) is 0 Å². The molecule has 0 aromatic carbocycles. The van der Waals surface area contributed by atoms with Gasteiger partial charge in [0.2, 0.25) is 5.91 Å². The number of methoxy groups -OCH3 is 1. The molecule has 0 spiro atoms. The van der Waals surface area contributed by atoms with E-state index in [1.165, 1.54) is 0 Å². The molecule has 3 rings (SSSR count). The van der Waals surface area contributed by atoms with Gasteiger partial charge in [0, 0.05) is 24.8 Å². The quantitative estimate of drug-likeness (QED) is 0.924. The van der Waals surface area contributed by atoms with Crippen molar-refractivity contribution in [1.29, 1.82) is 0 Å². The molecule has 0 fully saturated rings. The molecule has 0 radical (unpaired) electrons. The molecule has 1 unspecified atom stereocenters. The van der Waals surface area contributed by atoms with Crippen molar-refractivity contribution in [1.82, 2.24) is 5.32 Å². The van der Waals surface area contributed by atoms with Gasteiger partial charge in [0.25, 0.3) is 5.91 Å². The Morgan fingerprint density at radius 1 is 1.38 bits per heavy atom. The highest BCUT2D eigenvalue weighted by Crippen LogP contribution is 2.27. The molecular weight excluding hydrogens is 308 g/mol. The van der Waals surface area contributed by atoms with E-state index in [2.05, 4.69) is 10.3 Å². The largest absolute Gasteiger partial charge is 0.466 e. The van der Waals surface area contributed by atoms with Gasteiger partial charge in [0.1, 0.15) is 11.5 Å².